The zero-order valence-corrected chi connectivity index (χ0v) is 9.39. The van der Waals surface area contributed by atoms with Crippen molar-refractivity contribution < 1.29 is 0 Å². The van der Waals surface area contributed by atoms with Gasteiger partial charge in [-0.1, -0.05) is 43.9 Å². The first kappa shape index (κ1) is 13.0. The maximum Gasteiger partial charge on any atom is 0.0267 e. The topological polar surface area (TPSA) is 0 Å². The maximum atomic E-state index is 3.62. The Balaban J connectivity index is 3.19. The molecule has 0 aliphatic heterocycles. The molecule has 0 aromatic rings. The van der Waals surface area contributed by atoms with E-state index >= 15 is 0 Å². The summed E-state index contributed by atoms with van der Waals surface area (Å²) in [5, 5.41) is 0. The number of allylic oxidation sites excluding steroid dienone is 3. The quantitative estimate of drug-likeness (QED) is 0.315. The van der Waals surface area contributed by atoms with Gasteiger partial charge in [0.15, 0.2) is 0 Å². The van der Waals surface area contributed by atoms with Crippen LogP contribution in [-0.2, 0) is 0 Å². The summed E-state index contributed by atoms with van der Waals surface area (Å²) in [6.45, 7) is 5.85. The third-order valence-electron chi connectivity index (χ3n) is 1.95. The minimum absolute atomic E-state index is 0.820. The molecule has 0 saturated heterocycles. The summed E-state index contributed by atoms with van der Waals surface area (Å²) in [6.07, 6.45) is 14.5. The van der Waals surface area contributed by atoms with Gasteiger partial charge in [-0.25, -0.2) is 0 Å². The lowest BCUT2D eigenvalue weighted by molar-refractivity contribution is 0.728. The van der Waals surface area contributed by atoms with Crippen LogP contribution in [0.15, 0.2) is 24.8 Å². The molecule has 0 nitrogen and oxygen atoms in total. The lowest BCUT2D eigenvalue weighted by Gasteiger charge is -1.90. The van der Waals surface area contributed by atoms with Crippen molar-refractivity contribution in [1.82, 2.24) is 0 Å². The number of hydrogen-bond donors (Lipinski definition) is 0. The number of rotatable bonds is 7. The summed E-state index contributed by atoms with van der Waals surface area (Å²) in [6, 6.07) is 0. The van der Waals surface area contributed by atoms with Crippen molar-refractivity contribution in [3.8, 4) is 11.8 Å². The van der Waals surface area contributed by atoms with E-state index < -0.39 is 0 Å². The minimum Gasteiger partial charge on any atom is -0.103 e. The maximum absolute atomic E-state index is 3.62. The fourth-order valence-electron chi connectivity index (χ4n) is 1.14. The van der Waals surface area contributed by atoms with Gasteiger partial charge in [-0.3, -0.25) is 0 Å². The van der Waals surface area contributed by atoms with Gasteiger partial charge in [0.2, 0.25) is 0 Å². The standard InChI is InChI=1S/C14H22/c1-3-5-7-9-11-13-14-12-10-8-6-4-2/h3,12,14H,1,4-6,8,10-11,13H2,2H3. The Labute approximate surface area is 89.1 Å². The molecule has 14 heavy (non-hydrogen) atoms. The molecule has 0 aliphatic carbocycles. The van der Waals surface area contributed by atoms with Crippen molar-refractivity contribution in [2.24, 2.45) is 0 Å². The molecule has 0 fully saturated rings. The van der Waals surface area contributed by atoms with E-state index in [2.05, 4.69) is 37.5 Å². The average Bonchev–Trinajstić information content (AvgIpc) is 2.21. The Morgan fingerprint density at radius 3 is 2.57 bits per heavy atom. The van der Waals surface area contributed by atoms with E-state index in [0.717, 1.165) is 19.3 Å². The van der Waals surface area contributed by atoms with Crippen LogP contribution in [0.5, 0.6) is 0 Å². The predicted octanol–water partition coefficient (Wildman–Crippen LogP) is 4.48. The Kier molecular flexibility index (Phi) is 11.2. The van der Waals surface area contributed by atoms with Crippen LogP contribution in [0.25, 0.3) is 0 Å². The Morgan fingerprint density at radius 2 is 1.86 bits per heavy atom. The minimum atomic E-state index is 0.820. The molecule has 0 heterocycles. The smallest absolute Gasteiger partial charge is 0.0267 e. The lowest BCUT2D eigenvalue weighted by Crippen LogP contribution is -1.71. The molecular formula is C14H22. The van der Waals surface area contributed by atoms with Gasteiger partial charge in [0.25, 0.3) is 0 Å². The van der Waals surface area contributed by atoms with Crippen molar-refractivity contribution in [2.75, 3.05) is 0 Å². The monoisotopic (exact) mass is 190 g/mol. The van der Waals surface area contributed by atoms with Gasteiger partial charge < -0.3 is 0 Å². The Hall–Kier alpha value is -0.960. The highest BCUT2D eigenvalue weighted by atomic mass is 13.9. The fraction of sp³-hybridized carbons (Fsp3) is 0.571. The van der Waals surface area contributed by atoms with Crippen LogP contribution in [0.3, 0.4) is 0 Å². The summed E-state index contributed by atoms with van der Waals surface area (Å²) < 4.78 is 0. The zero-order valence-electron chi connectivity index (χ0n) is 9.39. The molecule has 0 rings (SSSR count). The van der Waals surface area contributed by atoms with Gasteiger partial charge in [-0.15, -0.1) is 12.5 Å². The van der Waals surface area contributed by atoms with Gasteiger partial charge >= 0.3 is 0 Å². The zero-order chi connectivity index (χ0) is 10.5. The SMILES string of the molecule is C=CCC#CCCC=CCCCCC. The highest BCUT2D eigenvalue weighted by molar-refractivity contribution is 5.03. The summed E-state index contributed by atoms with van der Waals surface area (Å²) >= 11 is 0. The predicted molar refractivity (Wildman–Crippen MR) is 65.1 cm³/mol. The van der Waals surface area contributed by atoms with Crippen LogP contribution in [-0.4, -0.2) is 0 Å². The molecule has 0 unspecified atom stereocenters. The van der Waals surface area contributed by atoms with Gasteiger partial charge in [0, 0.05) is 12.8 Å². The molecule has 78 valence electrons. The van der Waals surface area contributed by atoms with Crippen LogP contribution >= 0.6 is 0 Å². The highest BCUT2D eigenvalue weighted by Gasteiger charge is 1.81. The molecule has 0 radical (unpaired) electrons. The molecule has 0 N–H and O–H groups in total. The van der Waals surface area contributed by atoms with Crippen molar-refractivity contribution >= 4 is 0 Å². The van der Waals surface area contributed by atoms with Crippen molar-refractivity contribution in [3.63, 3.8) is 0 Å². The van der Waals surface area contributed by atoms with Crippen LogP contribution in [0.2, 0.25) is 0 Å². The molecule has 0 aliphatic rings. The second-order valence-electron chi connectivity index (χ2n) is 3.35. The second kappa shape index (κ2) is 12.0. The van der Waals surface area contributed by atoms with Crippen LogP contribution < -0.4 is 0 Å². The Morgan fingerprint density at radius 1 is 1.07 bits per heavy atom. The molecule has 0 spiro atoms. The second-order valence-corrected chi connectivity index (χ2v) is 3.35. The van der Waals surface area contributed by atoms with Gasteiger partial charge in [0.1, 0.15) is 0 Å². The van der Waals surface area contributed by atoms with E-state index in [1.54, 1.807) is 0 Å². The van der Waals surface area contributed by atoms with Crippen LogP contribution in [0.1, 0.15) is 51.9 Å². The average molecular weight is 190 g/mol. The molecule has 0 aromatic heterocycles. The number of unbranched alkanes of at least 4 members (excludes halogenated alkanes) is 4. The van der Waals surface area contributed by atoms with E-state index in [1.165, 1.54) is 25.7 Å². The van der Waals surface area contributed by atoms with Crippen molar-refractivity contribution in [1.29, 1.82) is 0 Å². The molecular weight excluding hydrogens is 168 g/mol. The molecule has 0 bridgehead atoms. The van der Waals surface area contributed by atoms with E-state index in [-0.39, 0.29) is 0 Å². The third-order valence-corrected chi connectivity index (χ3v) is 1.95. The largest absolute Gasteiger partial charge is 0.103 e. The van der Waals surface area contributed by atoms with Gasteiger partial charge in [-0.05, 0) is 19.3 Å². The number of hydrogen-bond acceptors (Lipinski definition) is 0. The fourth-order valence-corrected chi connectivity index (χ4v) is 1.14. The summed E-state index contributed by atoms with van der Waals surface area (Å²) in [5.74, 6) is 6.16. The van der Waals surface area contributed by atoms with Crippen LogP contribution in [0.4, 0.5) is 0 Å². The summed E-state index contributed by atoms with van der Waals surface area (Å²) in [7, 11) is 0. The first-order chi connectivity index (χ1) is 6.91. The molecule has 0 heteroatoms. The molecule has 0 amide bonds. The van der Waals surface area contributed by atoms with Crippen molar-refractivity contribution in [2.45, 2.75) is 51.9 Å². The summed E-state index contributed by atoms with van der Waals surface area (Å²) in [4.78, 5) is 0. The lowest BCUT2D eigenvalue weighted by atomic mass is 10.2. The van der Waals surface area contributed by atoms with E-state index in [4.69, 9.17) is 0 Å². The van der Waals surface area contributed by atoms with E-state index in [1.807, 2.05) is 6.08 Å². The first-order valence-electron chi connectivity index (χ1n) is 5.63. The molecule has 0 saturated carbocycles. The summed E-state index contributed by atoms with van der Waals surface area (Å²) in [5.41, 5.74) is 0. The third kappa shape index (κ3) is 11.0. The van der Waals surface area contributed by atoms with Gasteiger partial charge in [0.05, 0.1) is 0 Å². The Bertz CT molecular complexity index is 200. The van der Waals surface area contributed by atoms with Gasteiger partial charge in [-0.2, -0.15) is 0 Å². The van der Waals surface area contributed by atoms with E-state index in [0.29, 0.717) is 0 Å². The van der Waals surface area contributed by atoms with Crippen LogP contribution in [0, 0.1) is 11.8 Å². The first-order valence-corrected chi connectivity index (χ1v) is 5.63. The molecule has 0 aromatic carbocycles. The van der Waals surface area contributed by atoms with Crippen molar-refractivity contribution in [3.05, 3.63) is 24.8 Å². The molecule has 0 atom stereocenters. The van der Waals surface area contributed by atoms with E-state index in [9.17, 15) is 0 Å². The normalized spacial score (nSPS) is 9.79. The highest BCUT2D eigenvalue weighted by Crippen LogP contribution is 2.00.